The number of nitrogens with one attached hydrogen (secondary N) is 1. The van der Waals surface area contributed by atoms with Crippen LogP contribution in [0, 0.1) is 6.92 Å². The molecule has 1 fully saturated rings. The van der Waals surface area contributed by atoms with Crippen molar-refractivity contribution in [3.05, 3.63) is 22.5 Å². The Morgan fingerprint density at radius 2 is 1.86 bits per heavy atom. The van der Waals surface area contributed by atoms with Crippen molar-refractivity contribution in [1.82, 2.24) is 14.8 Å². The first-order valence-corrected chi connectivity index (χ1v) is 7.77. The number of nitrogens with zero attached hydrogens (tertiary/aromatic N) is 2. The van der Waals surface area contributed by atoms with Crippen molar-refractivity contribution in [1.29, 1.82) is 0 Å². The first kappa shape index (κ1) is 16.5. The highest BCUT2D eigenvalue weighted by molar-refractivity contribution is 6.00. The highest BCUT2D eigenvalue weighted by Gasteiger charge is 2.28. The minimum atomic E-state index is -0.380. The van der Waals surface area contributed by atoms with Crippen molar-refractivity contribution in [3.8, 4) is 0 Å². The fraction of sp³-hybridized carbons (Fsp3) is 0.625. The lowest BCUT2D eigenvalue weighted by atomic mass is 10.0. The van der Waals surface area contributed by atoms with Crippen molar-refractivity contribution in [2.75, 3.05) is 40.3 Å². The lowest BCUT2D eigenvalue weighted by Crippen LogP contribution is -2.47. The van der Waals surface area contributed by atoms with Gasteiger partial charge in [0.25, 0.3) is 5.91 Å². The van der Waals surface area contributed by atoms with E-state index in [9.17, 15) is 9.59 Å². The summed E-state index contributed by atoms with van der Waals surface area (Å²) in [7, 11) is 3.42. The summed E-state index contributed by atoms with van der Waals surface area (Å²) in [4.78, 5) is 32.0. The number of ether oxygens (including phenoxy) is 1. The van der Waals surface area contributed by atoms with Gasteiger partial charge in [-0.05, 0) is 26.0 Å². The van der Waals surface area contributed by atoms with E-state index >= 15 is 0 Å². The van der Waals surface area contributed by atoms with Gasteiger partial charge in [0, 0.05) is 31.9 Å². The number of rotatable bonds is 4. The van der Waals surface area contributed by atoms with E-state index in [0.717, 1.165) is 25.1 Å². The van der Waals surface area contributed by atoms with Gasteiger partial charge in [0.1, 0.15) is 5.69 Å². The van der Waals surface area contributed by atoms with Crippen LogP contribution in [-0.4, -0.2) is 67.0 Å². The molecule has 0 unspecified atom stereocenters. The topological polar surface area (TPSA) is 65.6 Å². The lowest BCUT2D eigenvalue weighted by Gasteiger charge is -2.32. The van der Waals surface area contributed by atoms with E-state index in [0.29, 0.717) is 36.5 Å². The number of carbonyl (C=O) groups excluding carboxylic acids is 2. The van der Waals surface area contributed by atoms with Gasteiger partial charge in [-0.3, -0.25) is 4.79 Å². The summed E-state index contributed by atoms with van der Waals surface area (Å²) in [6, 6.07) is 0. The maximum atomic E-state index is 12.8. The van der Waals surface area contributed by atoms with E-state index < -0.39 is 0 Å². The van der Waals surface area contributed by atoms with Crippen LogP contribution in [0.4, 0.5) is 0 Å². The van der Waals surface area contributed by atoms with Crippen LogP contribution in [-0.2, 0) is 11.2 Å². The Kier molecular flexibility index (Phi) is 5.24. The van der Waals surface area contributed by atoms with Crippen LogP contribution in [0.3, 0.4) is 0 Å². The fourth-order valence-electron chi connectivity index (χ4n) is 2.91. The van der Waals surface area contributed by atoms with E-state index in [2.05, 4.69) is 16.9 Å². The number of H-pyrrole nitrogens is 1. The minimum absolute atomic E-state index is 0.0187. The molecular weight excluding hydrogens is 282 g/mol. The van der Waals surface area contributed by atoms with E-state index in [1.807, 2.05) is 18.7 Å². The summed E-state index contributed by atoms with van der Waals surface area (Å²) in [5.41, 5.74) is 2.55. The second kappa shape index (κ2) is 6.96. The summed E-state index contributed by atoms with van der Waals surface area (Å²) < 4.78 is 4.87. The van der Waals surface area contributed by atoms with Crippen molar-refractivity contribution in [3.63, 3.8) is 0 Å². The van der Waals surface area contributed by atoms with Gasteiger partial charge < -0.3 is 19.5 Å². The molecule has 1 aliphatic heterocycles. The van der Waals surface area contributed by atoms with Crippen molar-refractivity contribution in [2.45, 2.75) is 26.7 Å². The SMILES string of the molecule is CCCc1c(C(=O)N2CCN(C)CC2)[nH]c(C)c1C(=O)OC. The number of aromatic nitrogens is 1. The van der Waals surface area contributed by atoms with Gasteiger partial charge in [-0.2, -0.15) is 0 Å². The van der Waals surface area contributed by atoms with Gasteiger partial charge >= 0.3 is 5.97 Å². The van der Waals surface area contributed by atoms with Crippen molar-refractivity contribution >= 4 is 11.9 Å². The number of methoxy groups -OCH3 is 1. The number of aromatic amines is 1. The fourth-order valence-corrected chi connectivity index (χ4v) is 2.91. The molecule has 0 aromatic carbocycles. The number of esters is 1. The predicted molar refractivity (Wildman–Crippen MR) is 84.3 cm³/mol. The number of carbonyl (C=O) groups is 2. The first-order chi connectivity index (χ1) is 10.5. The zero-order valence-electron chi connectivity index (χ0n) is 13.9. The Bertz CT molecular complexity index is 557. The van der Waals surface area contributed by atoms with E-state index in [1.165, 1.54) is 7.11 Å². The molecular formula is C16H25N3O3. The molecule has 0 atom stereocenters. The molecule has 0 spiro atoms. The van der Waals surface area contributed by atoms with E-state index in [-0.39, 0.29) is 11.9 Å². The van der Waals surface area contributed by atoms with Crippen LogP contribution >= 0.6 is 0 Å². The third-order valence-electron chi connectivity index (χ3n) is 4.18. The Morgan fingerprint density at radius 3 is 2.41 bits per heavy atom. The van der Waals surface area contributed by atoms with Gasteiger partial charge in [0.05, 0.1) is 12.7 Å². The highest BCUT2D eigenvalue weighted by atomic mass is 16.5. The number of hydrogen-bond donors (Lipinski definition) is 1. The number of hydrogen-bond acceptors (Lipinski definition) is 4. The maximum Gasteiger partial charge on any atom is 0.339 e. The van der Waals surface area contributed by atoms with Gasteiger partial charge in [-0.15, -0.1) is 0 Å². The highest BCUT2D eigenvalue weighted by Crippen LogP contribution is 2.23. The summed E-state index contributed by atoms with van der Waals surface area (Å²) in [6.07, 6.45) is 1.55. The standard InChI is InChI=1S/C16H25N3O3/c1-5-6-12-13(16(21)22-4)11(2)17-14(12)15(20)19-9-7-18(3)8-10-19/h17H,5-10H2,1-4H3. The molecule has 1 N–H and O–H groups in total. The Labute approximate surface area is 131 Å². The molecule has 0 bridgehead atoms. The van der Waals surface area contributed by atoms with Crippen LogP contribution in [0.5, 0.6) is 0 Å². The molecule has 122 valence electrons. The zero-order valence-corrected chi connectivity index (χ0v) is 13.9. The quantitative estimate of drug-likeness (QED) is 0.855. The second-order valence-electron chi connectivity index (χ2n) is 5.82. The van der Waals surface area contributed by atoms with E-state index in [4.69, 9.17) is 4.74 Å². The molecule has 1 aromatic rings. The summed E-state index contributed by atoms with van der Waals surface area (Å²) in [5, 5.41) is 0. The Balaban J connectivity index is 2.33. The monoisotopic (exact) mass is 307 g/mol. The molecule has 22 heavy (non-hydrogen) atoms. The average Bonchev–Trinajstić information content (AvgIpc) is 2.83. The molecule has 1 aliphatic rings. The smallest absolute Gasteiger partial charge is 0.339 e. The third-order valence-corrected chi connectivity index (χ3v) is 4.18. The molecule has 1 aromatic heterocycles. The van der Waals surface area contributed by atoms with Crippen molar-refractivity contribution in [2.24, 2.45) is 0 Å². The predicted octanol–water partition coefficient (Wildman–Crippen LogP) is 1.45. The zero-order chi connectivity index (χ0) is 16.3. The van der Waals surface area contributed by atoms with Crippen LogP contribution in [0.15, 0.2) is 0 Å². The Hall–Kier alpha value is -1.82. The summed E-state index contributed by atoms with van der Waals surface area (Å²) in [5.74, 6) is -0.399. The minimum Gasteiger partial charge on any atom is -0.465 e. The van der Waals surface area contributed by atoms with Crippen LogP contribution in [0.25, 0.3) is 0 Å². The van der Waals surface area contributed by atoms with Gasteiger partial charge in [-0.1, -0.05) is 13.3 Å². The molecule has 2 heterocycles. The Morgan fingerprint density at radius 1 is 1.23 bits per heavy atom. The number of piperazine rings is 1. The van der Waals surface area contributed by atoms with Crippen molar-refractivity contribution < 1.29 is 14.3 Å². The third kappa shape index (κ3) is 3.16. The van der Waals surface area contributed by atoms with E-state index in [1.54, 1.807) is 0 Å². The largest absolute Gasteiger partial charge is 0.465 e. The number of amides is 1. The second-order valence-corrected chi connectivity index (χ2v) is 5.82. The molecule has 2 rings (SSSR count). The number of aryl methyl sites for hydroxylation is 1. The molecule has 0 radical (unpaired) electrons. The lowest BCUT2D eigenvalue weighted by molar-refractivity contribution is 0.0599. The normalized spacial score (nSPS) is 15.9. The molecule has 6 heteroatoms. The van der Waals surface area contributed by atoms with Gasteiger partial charge in [-0.25, -0.2) is 4.79 Å². The molecule has 6 nitrogen and oxygen atoms in total. The average molecular weight is 307 g/mol. The molecule has 1 amide bonds. The maximum absolute atomic E-state index is 12.8. The summed E-state index contributed by atoms with van der Waals surface area (Å²) >= 11 is 0. The van der Waals surface area contributed by atoms with Gasteiger partial charge in [0.2, 0.25) is 0 Å². The van der Waals surface area contributed by atoms with Crippen LogP contribution < -0.4 is 0 Å². The molecule has 1 saturated heterocycles. The van der Waals surface area contributed by atoms with Crippen LogP contribution in [0.2, 0.25) is 0 Å². The van der Waals surface area contributed by atoms with Crippen LogP contribution in [0.1, 0.15) is 45.4 Å². The summed E-state index contributed by atoms with van der Waals surface area (Å²) in [6.45, 7) is 7.02. The molecule has 0 aliphatic carbocycles. The first-order valence-electron chi connectivity index (χ1n) is 7.77. The van der Waals surface area contributed by atoms with Gasteiger partial charge in [0.15, 0.2) is 0 Å². The number of likely N-dealkylation sites (N-methyl/N-ethyl adjacent to an activating group) is 1. The molecule has 0 saturated carbocycles.